The molecule has 78 valence electrons. The number of hydrogen-bond acceptors (Lipinski definition) is 4. The lowest BCUT2D eigenvalue weighted by Gasteiger charge is -1.87. The summed E-state index contributed by atoms with van der Waals surface area (Å²) in [6.07, 6.45) is 5.82. The van der Waals surface area contributed by atoms with E-state index in [1.54, 1.807) is 0 Å². The lowest BCUT2D eigenvalue weighted by atomic mass is 10.3. The summed E-state index contributed by atoms with van der Waals surface area (Å²) in [6, 6.07) is 0. The highest BCUT2D eigenvalue weighted by Gasteiger charge is 1.97. The van der Waals surface area contributed by atoms with E-state index in [-0.39, 0.29) is 0 Å². The minimum absolute atomic E-state index is 0.590. The quantitative estimate of drug-likeness (QED) is 0.841. The van der Waals surface area contributed by atoms with Gasteiger partial charge < -0.3 is 10.3 Å². The van der Waals surface area contributed by atoms with Crippen LogP contribution in [-0.2, 0) is 7.05 Å². The highest BCUT2D eigenvalue weighted by atomic mass is 32.1. The summed E-state index contributed by atoms with van der Waals surface area (Å²) >= 11 is 1.44. The second-order valence-electron chi connectivity index (χ2n) is 3.27. The molecule has 0 spiro atoms. The minimum atomic E-state index is 0.590. The van der Waals surface area contributed by atoms with Gasteiger partial charge in [0.05, 0.1) is 11.4 Å². The van der Waals surface area contributed by atoms with Gasteiger partial charge in [0, 0.05) is 18.6 Å². The molecule has 0 aliphatic heterocycles. The summed E-state index contributed by atoms with van der Waals surface area (Å²) in [5.41, 5.74) is 7.34. The average molecular weight is 220 g/mol. The van der Waals surface area contributed by atoms with Gasteiger partial charge in [0.25, 0.3) is 0 Å². The van der Waals surface area contributed by atoms with Crippen molar-refractivity contribution in [1.82, 2.24) is 14.5 Å². The third kappa shape index (κ3) is 2.24. The van der Waals surface area contributed by atoms with Crippen LogP contribution in [0.15, 0.2) is 11.6 Å². The zero-order valence-electron chi connectivity index (χ0n) is 8.64. The van der Waals surface area contributed by atoms with E-state index in [0.29, 0.717) is 5.13 Å². The maximum absolute atomic E-state index is 5.53. The summed E-state index contributed by atoms with van der Waals surface area (Å²) in [5.74, 6) is 0.993. The summed E-state index contributed by atoms with van der Waals surface area (Å²) < 4.78 is 1.98. The number of thiazole rings is 1. The predicted octanol–water partition coefficient (Wildman–Crippen LogP) is 1.94. The van der Waals surface area contributed by atoms with Gasteiger partial charge in [0.1, 0.15) is 5.82 Å². The number of nitrogens with two attached hydrogens (primary N) is 1. The lowest BCUT2D eigenvalue weighted by Crippen LogP contribution is -1.86. The van der Waals surface area contributed by atoms with E-state index in [9.17, 15) is 0 Å². The van der Waals surface area contributed by atoms with Crippen LogP contribution in [-0.4, -0.2) is 14.5 Å². The Morgan fingerprint density at radius 2 is 2.07 bits per heavy atom. The normalized spacial score (nSPS) is 11.3. The first-order valence-electron chi connectivity index (χ1n) is 4.54. The Morgan fingerprint density at radius 1 is 1.33 bits per heavy atom. The predicted molar refractivity (Wildman–Crippen MR) is 63.4 cm³/mol. The van der Waals surface area contributed by atoms with Crippen LogP contribution in [0.5, 0.6) is 0 Å². The maximum Gasteiger partial charge on any atom is 0.180 e. The first-order valence-corrected chi connectivity index (χ1v) is 5.42. The van der Waals surface area contributed by atoms with E-state index in [1.165, 1.54) is 11.3 Å². The molecule has 0 atom stereocenters. The van der Waals surface area contributed by atoms with Gasteiger partial charge in [-0.3, -0.25) is 0 Å². The third-order valence-electron chi connectivity index (χ3n) is 2.09. The van der Waals surface area contributed by atoms with E-state index in [4.69, 9.17) is 5.73 Å². The van der Waals surface area contributed by atoms with Gasteiger partial charge in [-0.25, -0.2) is 9.97 Å². The van der Waals surface area contributed by atoms with Crippen molar-refractivity contribution in [3.8, 4) is 0 Å². The number of anilines is 1. The number of aryl methyl sites for hydroxylation is 2. The summed E-state index contributed by atoms with van der Waals surface area (Å²) in [4.78, 5) is 8.48. The molecule has 0 amide bonds. The van der Waals surface area contributed by atoms with E-state index in [0.717, 1.165) is 17.2 Å². The van der Waals surface area contributed by atoms with Gasteiger partial charge in [-0.05, 0) is 19.1 Å². The van der Waals surface area contributed by atoms with Gasteiger partial charge in [-0.15, -0.1) is 11.3 Å². The van der Waals surface area contributed by atoms with E-state index >= 15 is 0 Å². The van der Waals surface area contributed by atoms with Crippen molar-refractivity contribution in [2.75, 3.05) is 5.73 Å². The zero-order chi connectivity index (χ0) is 10.8. The highest BCUT2D eigenvalue weighted by Crippen LogP contribution is 2.13. The monoisotopic (exact) mass is 220 g/mol. The van der Waals surface area contributed by atoms with Crippen molar-refractivity contribution in [2.45, 2.75) is 6.92 Å². The Labute approximate surface area is 92.1 Å². The van der Waals surface area contributed by atoms with Gasteiger partial charge in [0.2, 0.25) is 0 Å². The average Bonchev–Trinajstić information content (AvgIpc) is 2.72. The summed E-state index contributed by atoms with van der Waals surface area (Å²) in [7, 11) is 1.97. The lowest BCUT2D eigenvalue weighted by molar-refractivity contribution is 0.858. The molecular weight excluding hydrogens is 208 g/mol. The van der Waals surface area contributed by atoms with Crippen LogP contribution in [0.3, 0.4) is 0 Å². The molecule has 0 unspecified atom stereocenters. The molecule has 2 heterocycles. The molecule has 2 aromatic heterocycles. The van der Waals surface area contributed by atoms with Crippen LogP contribution < -0.4 is 5.73 Å². The first-order chi connectivity index (χ1) is 7.15. The number of rotatable bonds is 2. The molecule has 15 heavy (non-hydrogen) atoms. The zero-order valence-corrected chi connectivity index (χ0v) is 9.45. The molecule has 0 saturated carbocycles. The van der Waals surface area contributed by atoms with Gasteiger partial charge in [0.15, 0.2) is 5.13 Å². The highest BCUT2D eigenvalue weighted by molar-refractivity contribution is 7.13. The Hall–Kier alpha value is -1.62. The van der Waals surface area contributed by atoms with E-state index < -0.39 is 0 Å². The van der Waals surface area contributed by atoms with Crippen LogP contribution in [0.25, 0.3) is 12.2 Å². The third-order valence-corrected chi connectivity index (χ3v) is 2.78. The van der Waals surface area contributed by atoms with E-state index in [2.05, 4.69) is 9.97 Å². The van der Waals surface area contributed by atoms with Crippen molar-refractivity contribution in [2.24, 2.45) is 7.05 Å². The van der Waals surface area contributed by atoms with Gasteiger partial charge in [-0.2, -0.15) is 0 Å². The van der Waals surface area contributed by atoms with Crippen molar-refractivity contribution >= 4 is 28.6 Å². The number of imidazole rings is 1. The molecule has 0 fully saturated rings. The SMILES string of the molecule is Cc1nc(C=Cc2csc(N)n2)cn1C. The Morgan fingerprint density at radius 3 is 2.60 bits per heavy atom. The smallest absolute Gasteiger partial charge is 0.180 e. The standard InChI is InChI=1S/C10H12N4S/c1-7-12-8(5-14(7)2)3-4-9-6-15-10(11)13-9/h3-6H,1-2H3,(H2,11,13). The molecule has 4 nitrogen and oxygen atoms in total. The molecule has 2 N–H and O–H groups in total. The van der Waals surface area contributed by atoms with Crippen LogP contribution in [0, 0.1) is 6.92 Å². The van der Waals surface area contributed by atoms with Gasteiger partial charge >= 0.3 is 0 Å². The van der Waals surface area contributed by atoms with Crippen molar-refractivity contribution in [1.29, 1.82) is 0 Å². The molecule has 0 aliphatic rings. The van der Waals surface area contributed by atoms with Crippen LogP contribution in [0.2, 0.25) is 0 Å². The molecule has 2 aromatic rings. The number of hydrogen-bond donors (Lipinski definition) is 1. The summed E-state index contributed by atoms with van der Waals surface area (Å²) in [6.45, 7) is 1.97. The summed E-state index contributed by atoms with van der Waals surface area (Å²) in [5, 5.41) is 2.51. The molecule has 0 aliphatic carbocycles. The van der Waals surface area contributed by atoms with Crippen molar-refractivity contribution in [3.63, 3.8) is 0 Å². The van der Waals surface area contributed by atoms with Crippen molar-refractivity contribution < 1.29 is 0 Å². The topological polar surface area (TPSA) is 56.7 Å². The molecule has 0 aromatic carbocycles. The second kappa shape index (κ2) is 3.86. The Balaban J connectivity index is 2.18. The van der Waals surface area contributed by atoms with Crippen molar-refractivity contribution in [3.05, 3.63) is 28.8 Å². The number of aromatic nitrogens is 3. The van der Waals surface area contributed by atoms with Crippen LogP contribution in [0.1, 0.15) is 17.2 Å². The maximum atomic E-state index is 5.53. The second-order valence-corrected chi connectivity index (χ2v) is 4.16. The molecule has 5 heteroatoms. The first kappa shape index (κ1) is 9.92. The molecule has 2 rings (SSSR count). The Bertz CT molecular complexity index is 476. The fourth-order valence-corrected chi connectivity index (χ4v) is 1.75. The van der Waals surface area contributed by atoms with Crippen LogP contribution in [0.4, 0.5) is 5.13 Å². The van der Waals surface area contributed by atoms with Crippen LogP contribution >= 0.6 is 11.3 Å². The number of nitrogens with zero attached hydrogens (tertiary/aromatic N) is 3. The molecule has 0 bridgehead atoms. The van der Waals surface area contributed by atoms with E-state index in [1.807, 2.05) is 42.3 Å². The fourth-order valence-electron chi connectivity index (χ4n) is 1.21. The van der Waals surface area contributed by atoms with Gasteiger partial charge in [-0.1, -0.05) is 0 Å². The molecule has 0 saturated heterocycles. The number of nitrogen functional groups attached to an aromatic ring is 1. The fraction of sp³-hybridized carbons (Fsp3) is 0.200. The minimum Gasteiger partial charge on any atom is -0.375 e. The molecular formula is C10H12N4S. The molecule has 0 radical (unpaired) electrons. The largest absolute Gasteiger partial charge is 0.375 e. The Kier molecular flexibility index (Phi) is 2.55.